The lowest BCUT2D eigenvalue weighted by molar-refractivity contribution is 0.252. The molecule has 1 heterocycles. The molecule has 0 spiro atoms. The van der Waals surface area contributed by atoms with Crippen LogP contribution in [0.25, 0.3) is 10.9 Å². The Morgan fingerprint density at radius 1 is 1.25 bits per heavy atom. The minimum Gasteiger partial charge on any atom is -0.358 e. The van der Waals surface area contributed by atoms with Crippen LogP contribution in [0.2, 0.25) is 0 Å². The molecule has 0 bridgehead atoms. The fourth-order valence-electron chi connectivity index (χ4n) is 2.10. The number of fused-ring (bicyclic) bond motifs is 1. The molecule has 0 unspecified atom stereocenters. The van der Waals surface area contributed by atoms with Crippen LogP contribution in [0.4, 0.5) is 10.5 Å². The lowest BCUT2D eigenvalue weighted by atomic mass is 9.86. The number of urea groups is 1. The van der Waals surface area contributed by atoms with Gasteiger partial charge in [0.05, 0.1) is 0 Å². The number of nitrogens with one attached hydrogen (secondary N) is 3. The van der Waals surface area contributed by atoms with Crippen LogP contribution < -0.4 is 10.6 Å². The van der Waals surface area contributed by atoms with E-state index in [9.17, 15) is 4.79 Å². The summed E-state index contributed by atoms with van der Waals surface area (Å²) in [7, 11) is 0. The van der Waals surface area contributed by atoms with Gasteiger partial charge in [-0.15, -0.1) is 0 Å². The smallest absolute Gasteiger partial charge is 0.319 e. The van der Waals surface area contributed by atoms with E-state index in [1.54, 1.807) is 0 Å². The molecule has 20 heavy (non-hydrogen) atoms. The van der Waals surface area contributed by atoms with Gasteiger partial charge in [0.1, 0.15) is 0 Å². The number of aromatic nitrogens is 1. The van der Waals surface area contributed by atoms with Crippen molar-refractivity contribution >= 4 is 22.6 Å². The molecule has 0 aliphatic heterocycles. The summed E-state index contributed by atoms with van der Waals surface area (Å²) in [5, 5.41) is 6.68. The maximum atomic E-state index is 11.5. The monoisotopic (exact) mass is 273 g/mol. The van der Waals surface area contributed by atoms with Gasteiger partial charge in [-0.25, -0.2) is 4.79 Å². The number of rotatable bonds is 4. The van der Waals surface area contributed by atoms with Gasteiger partial charge in [0.15, 0.2) is 0 Å². The lowest BCUT2D eigenvalue weighted by Gasteiger charge is -2.20. The van der Waals surface area contributed by atoms with E-state index in [4.69, 9.17) is 0 Å². The Morgan fingerprint density at radius 2 is 2.00 bits per heavy atom. The average Bonchev–Trinajstić information content (AvgIpc) is 2.82. The van der Waals surface area contributed by atoms with Gasteiger partial charge in [0, 0.05) is 34.2 Å². The SMILES string of the molecule is CCNC(=O)Nc1ccc2[nH]c(C(C)(C)CC)cc2c1. The highest BCUT2D eigenvalue weighted by atomic mass is 16.2. The number of carbonyl (C=O) groups excluding carboxylic acids is 1. The van der Waals surface area contributed by atoms with Crippen molar-refractivity contribution in [3.8, 4) is 0 Å². The predicted octanol–water partition coefficient (Wildman–Crippen LogP) is 4.00. The first kappa shape index (κ1) is 14.4. The summed E-state index contributed by atoms with van der Waals surface area (Å²) >= 11 is 0. The van der Waals surface area contributed by atoms with Gasteiger partial charge in [-0.3, -0.25) is 0 Å². The number of benzene rings is 1. The molecule has 0 aliphatic rings. The van der Waals surface area contributed by atoms with E-state index in [0.717, 1.165) is 23.0 Å². The Morgan fingerprint density at radius 3 is 2.65 bits per heavy atom. The van der Waals surface area contributed by atoms with Crippen molar-refractivity contribution in [1.29, 1.82) is 0 Å². The second kappa shape index (κ2) is 5.57. The maximum absolute atomic E-state index is 11.5. The molecule has 108 valence electrons. The number of H-pyrrole nitrogens is 1. The Kier molecular flexibility index (Phi) is 4.02. The second-order valence-electron chi connectivity index (χ2n) is 5.71. The third-order valence-electron chi connectivity index (χ3n) is 3.83. The van der Waals surface area contributed by atoms with Crippen molar-refractivity contribution in [1.82, 2.24) is 10.3 Å². The van der Waals surface area contributed by atoms with Crippen LogP contribution in [0.5, 0.6) is 0 Å². The number of aromatic amines is 1. The van der Waals surface area contributed by atoms with Crippen LogP contribution in [-0.4, -0.2) is 17.6 Å². The van der Waals surface area contributed by atoms with Crippen LogP contribution in [0, 0.1) is 0 Å². The molecule has 4 nitrogen and oxygen atoms in total. The van der Waals surface area contributed by atoms with Crippen LogP contribution in [-0.2, 0) is 5.41 Å². The summed E-state index contributed by atoms with van der Waals surface area (Å²) in [4.78, 5) is 15.0. The molecule has 0 atom stereocenters. The largest absolute Gasteiger partial charge is 0.358 e. The molecule has 1 aromatic heterocycles. The summed E-state index contributed by atoms with van der Waals surface area (Å²) in [6, 6.07) is 7.91. The van der Waals surface area contributed by atoms with Crippen molar-refractivity contribution in [3.05, 3.63) is 30.0 Å². The highest BCUT2D eigenvalue weighted by Crippen LogP contribution is 2.30. The molecular weight excluding hydrogens is 250 g/mol. The molecule has 0 saturated heterocycles. The molecule has 2 rings (SSSR count). The van der Waals surface area contributed by atoms with Crippen molar-refractivity contribution in [2.75, 3.05) is 11.9 Å². The van der Waals surface area contributed by atoms with Crippen molar-refractivity contribution in [2.45, 2.75) is 39.5 Å². The molecule has 3 N–H and O–H groups in total. The highest BCUT2D eigenvalue weighted by Gasteiger charge is 2.20. The normalized spacial score (nSPS) is 11.6. The molecule has 2 aromatic rings. The van der Waals surface area contributed by atoms with Crippen molar-refractivity contribution in [3.63, 3.8) is 0 Å². The van der Waals surface area contributed by atoms with Gasteiger partial charge < -0.3 is 15.6 Å². The summed E-state index contributed by atoms with van der Waals surface area (Å²) in [6.45, 7) is 9.16. The molecule has 4 heteroatoms. The Bertz CT molecular complexity index is 613. The van der Waals surface area contributed by atoms with E-state index < -0.39 is 0 Å². The lowest BCUT2D eigenvalue weighted by Crippen LogP contribution is -2.28. The van der Waals surface area contributed by atoms with E-state index in [-0.39, 0.29) is 11.4 Å². The number of anilines is 1. The van der Waals surface area contributed by atoms with E-state index in [1.807, 2.05) is 25.1 Å². The zero-order chi connectivity index (χ0) is 14.8. The van der Waals surface area contributed by atoms with Crippen molar-refractivity contribution < 1.29 is 4.79 Å². The van der Waals surface area contributed by atoms with Crippen LogP contribution in [0.1, 0.15) is 39.8 Å². The molecule has 0 aliphatic carbocycles. The standard InChI is InChI=1S/C16H23N3O/c1-5-16(3,4)14-10-11-9-12(7-8-13(11)19-14)18-15(20)17-6-2/h7-10,19H,5-6H2,1-4H3,(H2,17,18,20). The van der Waals surface area contributed by atoms with Gasteiger partial charge >= 0.3 is 6.03 Å². The number of hydrogen-bond donors (Lipinski definition) is 3. The first-order valence-electron chi connectivity index (χ1n) is 7.14. The van der Waals surface area contributed by atoms with E-state index in [0.29, 0.717) is 6.54 Å². The van der Waals surface area contributed by atoms with Crippen LogP contribution in [0.15, 0.2) is 24.3 Å². The van der Waals surface area contributed by atoms with Gasteiger partial charge in [-0.2, -0.15) is 0 Å². The second-order valence-corrected chi connectivity index (χ2v) is 5.71. The van der Waals surface area contributed by atoms with Crippen LogP contribution in [0.3, 0.4) is 0 Å². The zero-order valence-electron chi connectivity index (χ0n) is 12.6. The number of amides is 2. The van der Waals surface area contributed by atoms with E-state index >= 15 is 0 Å². The average molecular weight is 273 g/mol. The fourth-order valence-corrected chi connectivity index (χ4v) is 2.10. The molecule has 1 aromatic carbocycles. The Labute approximate surface area is 120 Å². The fraction of sp³-hybridized carbons (Fsp3) is 0.438. The molecule has 2 amide bonds. The molecule has 0 saturated carbocycles. The predicted molar refractivity (Wildman–Crippen MR) is 84.3 cm³/mol. The molecule has 0 fully saturated rings. The first-order valence-corrected chi connectivity index (χ1v) is 7.14. The topological polar surface area (TPSA) is 56.9 Å². The van der Waals surface area contributed by atoms with E-state index in [2.05, 4.69) is 42.5 Å². The molecular formula is C16H23N3O. The number of hydrogen-bond acceptors (Lipinski definition) is 1. The van der Waals surface area contributed by atoms with Crippen molar-refractivity contribution in [2.24, 2.45) is 0 Å². The Balaban J connectivity index is 2.28. The minimum absolute atomic E-state index is 0.131. The summed E-state index contributed by atoms with van der Waals surface area (Å²) in [6.07, 6.45) is 1.07. The highest BCUT2D eigenvalue weighted by molar-refractivity contribution is 5.93. The quantitative estimate of drug-likeness (QED) is 0.775. The van der Waals surface area contributed by atoms with Gasteiger partial charge in [-0.1, -0.05) is 20.8 Å². The third kappa shape index (κ3) is 2.95. The first-order chi connectivity index (χ1) is 9.46. The third-order valence-corrected chi connectivity index (χ3v) is 3.83. The van der Waals surface area contributed by atoms with Gasteiger partial charge in [0.2, 0.25) is 0 Å². The van der Waals surface area contributed by atoms with Crippen LogP contribution >= 0.6 is 0 Å². The van der Waals surface area contributed by atoms with Gasteiger partial charge in [-0.05, 0) is 37.6 Å². The minimum atomic E-state index is -0.170. The summed E-state index contributed by atoms with van der Waals surface area (Å²) < 4.78 is 0. The Hall–Kier alpha value is -1.97. The maximum Gasteiger partial charge on any atom is 0.319 e. The summed E-state index contributed by atoms with van der Waals surface area (Å²) in [5.74, 6) is 0. The van der Waals surface area contributed by atoms with Gasteiger partial charge in [0.25, 0.3) is 0 Å². The molecule has 0 radical (unpaired) electrons. The zero-order valence-corrected chi connectivity index (χ0v) is 12.6. The van der Waals surface area contributed by atoms with E-state index in [1.165, 1.54) is 5.69 Å². The number of carbonyl (C=O) groups is 1. The summed E-state index contributed by atoms with van der Waals surface area (Å²) in [5.41, 5.74) is 3.27.